The maximum absolute atomic E-state index is 14.4. The summed E-state index contributed by atoms with van der Waals surface area (Å²) in [4.78, 5) is 18.7. The Balaban J connectivity index is 0.00000231. The third-order valence-electron chi connectivity index (χ3n) is 6.21. The zero-order valence-electron chi connectivity index (χ0n) is 21.4. The summed E-state index contributed by atoms with van der Waals surface area (Å²) >= 11 is 0. The molecule has 0 radical (unpaired) electrons. The molecule has 0 atom stereocenters. The molecule has 2 N–H and O–H groups in total. The largest absolute Gasteiger partial charge is 0.486 e. The molecule has 13 heteroatoms. The molecule has 2 aromatic carbocycles. The van der Waals surface area contributed by atoms with Crippen LogP contribution in [0.4, 0.5) is 28.9 Å². The van der Waals surface area contributed by atoms with Crippen molar-refractivity contribution >= 4 is 42.1 Å². The van der Waals surface area contributed by atoms with Crippen LogP contribution in [0.2, 0.25) is 0 Å². The third kappa shape index (κ3) is 7.69. The predicted molar refractivity (Wildman–Crippen MR) is 152 cm³/mol. The van der Waals surface area contributed by atoms with Crippen LogP contribution in [0.5, 0.6) is 5.75 Å². The van der Waals surface area contributed by atoms with Gasteiger partial charge in [0, 0.05) is 66.6 Å². The van der Waals surface area contributed by atoms with Crippen molar-refractivity contribution in [2.45, 2.75) is 12.8 Å². The van der Waals surface area contributed by atoms with Crippen LogP contribution < -0.4 is 20.3 Å². The van der Waals surface area contributed by atoms with Gasteiger partial charge in [-0.25, -0.2) is 4.39 Å². The molecule has 41 heavy (non-hydrogen) atoms. The van der Waals surface area contributed by atoms with Gasteiger partial charge in [0.25, 0.3) is 5.91 Å². The van der Waals surface area contributed by atoms with E-state index in [1.165, 1.54) is 30.5 Å². The lowest BCUT2D eigenvalue weighted by Gasteiger charge is -2.31. The van der Waals surface area contributed by atoms with Gasteiger partial charge in [0.15, 0.2) is 11.6 Å². The molecule has 1 aliphatic heterocycles. The molecule has 5 rings (SSSR count). The van der Waals surface area contributed by atoms with Crippen molar-refractivity contribution in [3.8, 4) is 17.1 Å². The van der Waals surface area contributed by atoms with Crippen molar-refractivity contribution in [3.05, 3.63) is 95.8 Å². The average Bonchev–Trinajstić information content (AvgIpc) is 3.48. The molecular weight excluding hydrogens is 587 g/mol. The monoisotopic (exact) mass is 612 g/mol. The lowest BCUT2D eigenvalue weighted by molar-refractivity contribution is -0.137. The zero-order chi connectivity index (χ0) is 27.4. The highest BCUT2D eigenvalue weighted by molar-refractivity contribution is 6.04. The van der Waals surface area contributed by atoms with Crippen LogP contribution in [0.15, 0.2) is 77.7 Å². The fourth-order valence-electron chi connectivity index (χ4n) is 4.29. The normalized spacial score (nSPS) is 13.1. The standard InChI is InChI=1S/C28H24F4N4O3.2ClH/c29-23-5-3-19(13-26(23)39-17-18-12-20(16-34-15-18)25-2-1-11-38-25)27(37)35-21-4-6-24(22(14-21)28(30,31)32)36-9-7-33-8-10-36;;/h1-6,11-16,33H,7-10,17H2,(H,35,37);2*1H. The molecular formula is C28H26Cl2F4N4O3. The number of hydrogen-bond donors (Lipinski definition) is 2. The van der Waals surface area contributed by atoms with E-state index in [0.29, 0.717) is 37.5 Å². The molecule has 7 nitrogen and oxygen atoms in total. The van der Waals surface area contributed by atoms with Gasteiger partial charge in [0.05, 0.1) is 11.8 Å². The Hall–Kier alpha value is -3.80. The summed E-state index contributed by atoms with van der Waals surface area (Å²) in [5.74, 6) is -0.967. The van der Waals surface area contributed by atoms with E-state index in [1.807, 2.05) is 0 Å². The van der Waals surface area contributed by atoms with Crippen LogP contribution in [0, 0.1) is 5.82 Å². The first kappa shape index (κ1) is 31.7. The molecule has 2 aromatic heterocycles. The molecule has 1 saturated heterocycles. The number of alkyl halides is 3. The fraction of sp³-hybridized carbons (Fsp3) is 0.214. The van der Waals surface area contributed by atoms with E-state index < -0.39 is 23.5 Å². The van der Waals surface area contributed by atoms with Gasteiger partial charge in [-0.05, 0) is 54.6 Å². The van der Waals surface area contributed by atoms with E-state index in [4.69, 9.17) is 9.15 Å². The number of anilines is 2. The van der Waals surface area contributed by atoms with Crippen LogP contribution in [-0.4, -0.2) is 37.1 Å². The number of carbonyl (C=O) groups is 1. The average molecular weight is 613 g/mol. The molecule has 0 aliphatic carbocycles. The predicted octanol–water partition coefficient (Wildman–Crippen LogP) is 6.58. The van der Waals surface area contributed by atoms with Gasteiger partial charge in [-0.15, -0.1) is 24.8 Å². The number of ether oxygens (including phenoxy) is 1. The van der Waals surface area contributed by atoms with Crippen molar-refractivity contribution in [2.75, 3.05) is 36.4 Å². The van der Waals surface area contributed by atoms with Gasteiger partial charge in [-0.3, -0.25) is 9.78 Å². The smallest absolute Gasteiger partial charge is 0.418 e. The SMILES string of the molecule is Cl.Cl.O=C(Nc1ccc(N2CCNCC2)c(C(F)(F)F)c1)c1ccc(F)c(OCc2cncc(-c3ccco3)c2)c1. The molecule has 3 heterocycles. The molecule has 1 amide bonds. The Labute approximate surface area is 245 Å². The van der Waals surface area contributed by atoms with Gasteiger partial charge in [0.2, 0.25) is 0 Å². The van der Waals surface area contributed by atoms with Crippen LogP contribution in [-0.2, 0) is 12.8 Å². The molecule has 0 bridgehead atoms. The second-order valence-corrected chi connectivity index (χ2v) is 8.91. The summed E-state index contributed by atoms with van der Waals surface area (Å²) < 4.78 is 66.9. The number of rotatable bonds is 7. The summed E-state index contributed by atoms with van der Waals surface area (Å²) in [5, 5.41) is 5.59. The Morgan fingerprint density at radius 3 is 2.54 bits per heavy atom. The van der Waals surface area contributed by atoms with E-state index in [0.717, 1.165) is 17.7 Å². The van der Waals surface area contributed by atoms with Crippen molar-refractivity contribution in [2.24, 2.45) is 0 Å². The van der Waals surface area contributed by atoms with E-state index in [-0.39, 0.29) is 54.1 Å². The Morgan fingerprint density at radius 2 is 1.83 bits per heavy atom. The number of hydrogen-bond acceptors (Lipinski definition) is 6. The van der Waals surface area contributed by atoms with E-state index in [1.54, 1.807) is 35.5 Å². The van der Waals surface area contributed by atoms with Crippen LogP contribution >= 0.6 is 24.8 Å². The molecule has 0 unspecified atom stereocenters. The summed E-state index contributed by atoms with van der Waals surface area (Å²) in [6.45, 7) is 2.01. The summed E-state index contributed by atoms with van der Waals surface area (Å²) in [6, 6.07) is 12.5. The number of pyridine rings is 1. The highest BCUT2D eigenvalue weighted by Crippen LogP contribution is 2.38. The first-order valence-electron chi connectivity index (χ1n) is 12.2. The number of piperazine rings is 1. The highest BCUT2D eigenvalue weighted by atomic mass is 35.5. The molecule has 4 aromatic rings. The zero-order valence-corrected chi connectivity index (χ0v) is 23.0. The minimum absolute atomic E-state index is 0. The Kier molecular flexibility index (Phi) is 10.6. The minimum atomic E-state index is -4.61. The van der Waals surface area contributed by atoms with E-state index >= 15 is 0 Å². The summed E-state index contributed by atoms with van der Waals surface area (Å²) in [5.41, 5.74) is 0.575. The third-order valence-corrected chi connectivity index (χ3v) is 6.21. The summed E-state index contributed by atoms with van der Waals surface area (Å²) in [6.07, 6.45) is 0.105. The lowest BCUT2D eigenvalue weighted by Crippen LogP contribution is -2.44. The number of amides is 1. The van der Waals surface area contributed by atoms with Crippen LogP contribution in [0.25, 0.3) is 11.3 Å². The number of aromatic nitrogens is 1. The Bertz CT molecular complexity index is 1460. The quantitative estimate of drug-likeness (QED) is 0.229. The first-order chi connectivity index (χ1) is 18.8. The minimum Gasteiger partial charge on any atom is -0.486 e. The fourth-order valence-corrected chi connectivity index (χ4v) is 4.29. The maximum atomic E-state index is 14.4. The number of benzene rings is 2. The number of furan rings is 1. The van der Waals surface area contributed by atoms with Crippen LogP contribution in [0.1, 0.15) is 21.5 Å². The first-order valence-corrected chi connectivity index (χ1v) is 12.2. The number of carbonyl (C=O) groups excluding carboxylic acids is 1. The Morgan fingerprint density at radius 1 is 1.05 bits per heavy atom. The number of nitrogens with zero attached hydrogens (tertiary/aromatic N) is 2. The van der Waals surface area contributed by atoms with E-state index in [2.05, 4.69) is 15.6 Å². The highest BCUT2D eigenvalue weighted by Gasteiger charge is 2.35. The second kappa shape index (κ2) is 13.7. The van der Waals surface area contributed by atoms with Gasteiger partial charge in [-0.2, -0.15) is 13.2 Å². The topological polar surface area (TPSA) is 79.6 Å². The molecule has 1 fully saturated rings. The van der Waals surface area contributed by atoms with Gasteiger partial charge < -0.3 is 24.7 Å². The molecule has 1 aliphatic rings. The van der Waals surface area contributed by atoms with Crippen molar-refractivity contribution < 1.29 is 31.5 Å². The van der Waals surface area contributed by atoms with Gasteiger partial charge >= 0.3 is 6.18 Å². The van der Waals surface area contributed by atoms with Gasteiger partial charge in [-0.1, -0.05) is 0 Å². The van der Waals surface area contributed by atoms with Crippen LogP contribution in [0.3, 0.4) is 0 Å². The van der Waals surface area contributed by atoms with Crippen molar-refractivity contribution in [3.63, 3.8) is 0 Å². The van der Waals surface area contributed by atoms with Crippen molar-refractivity contribution in [1.29, 1.82) is 0 Å². The van der Waals surface area contributed by atoms with Crippen molar-refractivity contribution in [1.82, 2.24) is 10.3 Å². The number of halogens is 6. The second-order valence-electron chi connectivity index (χ2n) is 8.91. The van der Waals surface area contributed by atoms with Gasteiger partial charge in [0.1, 0.15) is 12.4 Å². The molecule has 0 saturated carbocycles. The van der Waals surface area contributed by atoms with E-state index in [9.17, 15) is 22.4 Å². The maximum Gasteiger partial charge on any atom is 0.418 e. The number of nitrogens with one attached hydrogen (secondary N) is 2. The molecule has 0 spiro atoms. The summed E-state index contributed by atoms with van der Waals surface area (Å²) in [7, 11) is 0. The molecule has 218 valence electrons. The lowest BCUT2D eigenvalue weighted by atomic mass is 10.1.